The van der Waals surface area contributed by atoms with Crippen LogP contribution in [0.2, 0.25) is 0 Å². The van der Waals surface area contributed by atoms with Gasteiger partial charge in [0.2, 0.25) is 0 Å². The molecule has 0 unspecified atom stereocenters. The smallest absolute Gasteiger partial charge is 0.0468 e. The van der Waals surface area contributed by atoms with Gasteiger partial charge in [-0.2, -0.15) is 0 Å². The standard InChI is InChI=1S/3C10H18O/c3*1-9(2)5-4-6-10(3)7-8-11/h2*5-6,11H,4,7-8H2,1-3H3;5,11H,3-4,6-8H2,1-2H3/b10-6+;10-6-;. The molecule has 0 aromatic carbocycles. The molecule has 3 heteroatoms. The molecule has 0 saturated heterocycles. The molecule has 33 heavy (non-hydrogen) atoms. The van der Waals surface area contributed by atoms with E-state index in [2.05, 4.69) is 92.3 Å². The summed E-state index contributed by atoms with van der Waals surface area (Å²) < 4.78 is 0. The molecule has 0 amide bonds. The zero-order valence-electron chi connectivity index (χ0n) is 23.0. The van der Waals surface area contributed by atoms with Crippen molar-refractivity contribution in [2.45, 2.75) is 100 Å². The lowest BCUT2D eigenvalue weighted by atomic mass is 10.1. The van der Waals surface area contributed by atoms with Gasteiger partial charge in [-0.25, -0.2) is 0 Å². The summed E-state index contributed by atoms with van der Waals surface area (Å²) in [6.07, 6.45) is 17.3. The van der Waals surface area contributed by atoms with Crippen LogP contribution in [0, 0.1) is 0 Å². The maximum atomic E-state index is 8.59. The van der Waals surface area contributed by atoms with Crippen molar-refractivity contribution >= 4 is 0 Å². The van der Waals surface area contributed by atoms with E-state index in [1.54, 1.807) is 0 Å². The van der Waals surface area contributed by atoms with E-state index >= 15 is 0 Å². The zero-order valence-corrected chi connectivity index (χ0v) is 23.0. The zero-order chi connectivity index (χ0) is 26.1. The van der Waals surface area contributed by atoms with Gasteiger partial charge in [0.05, 0.1) is 0 Å². The van der Waals surface area contributed by atoms with E-state index in [-0.39, 0.29) is 19.8 Å². The number of hydrogen-bond donors (Lipinski definition) is 3. The van der Waals surface area contributed by atoms with Crippen LogP contribution in [0.3, 0.4) is 0 Å². The molecule has 0 aromatic rings. The maximum Gasteiger partial charge on any atom is 0.0468 e. The lowest BCUT2D eigenvalue weighted by Crippen LogP contribution is -1.86. The minimum Gasteiger partial charge on any atom is -0.396 e. The lowest BCUT2D eigenvalue weighted by Gasteiger charge is -1.99. The molecule has 3 N–H and O–H groups in total. The summed E-state index contributed by atoms with van der Waals surface area (Å²) >= 11 is 0. The van der Waals surface area contributed by atoms with Crippen LogP contribution in [0.4, 0.5) is 0 Å². The fourth-order valence-electron chi connectivity index (χ4n) is 2.40. The first-order valence-corrected chi connectivity index (χ1v) is 12.2. The van der Waals surface area contributed by atoms with Crippen LogP contribution in [0.25, 0.3) is 0 Å². The second-order valence-electron chi connectivity index (χ2n) is 9.13. The Kier molecular flexibility index (Phi) is 28.9. The van der Waals surface area contributed by atoms with E-state index in [1.807, 2.05) is 0 Å². The third-order valence-electron chi connectivity index (χ3n) is 4.51. The van der Waals surface area contributed by atoms with Crippen LogP contribution in [0.5, 0.6) is 0 Å². The van der Waals surface area contributed by atoms with Gasteiger partial charge in [-0.15, -0.1) is 0 Å². The quantitative estimate of drug-likeness (QED) is 0.243. The van der Waals surface area contributed by atoms with Gasteiger partial charge in [-0.3, -0.25) is 0 Å². The Morgan fingerprint density at radius 1 is 0.515 bits per heavy atom. The Balaban J connectivity index is -0.000000409. The molecule has 0 atom stereocenters. The monoisotopic (exact) mass is 462 g/mol. The number of rotatable bonds is 13. The van der Waals surface area contributed by atoms with Crippen molar-refractivity contribution in [3.05, 3.63) is 70.4 Å². The maximum absolute atomic E-state index is 8.59. The van der Waals surface area contributed by atoms with Crippen LogP contribution in [0.15, 0.2) is 70.4 Å². The molecule has 0 aliphatic carbocycles. The molecule has 192 valence electrons. The molecule has 0 bridgehead atoms. The van der Waals surface area contributed by atoms with Crippen molar-refractivity contribution in [3.63, 3.8) is 0 Å². The van der Waals surface area contributed by atoms with Gasteiger partial charge in [0.25, 0.3) is 0 Å². The number of aliphatic hydroxyl groups excluding tert-OH is 3. The van der Waals surface area contributed by atoms with Crippen LogP contribution in [0.1, 0.15) is 100 Å². The SMILES string of the molecule is C=C(CCO)CCC=C(C)C.CC(C)=CC/C=C(/C)CCO.CC(C)=CC/C=C(\C)CCO. The fourth-order valence-corrected chi connectivity index (χ4v) is 2.40. The van der Waals surface area contributed by atoms with Gasteiger partial charge >= 0.3 is 0 Å². The Bertz CT molecular complexity index is 581. The first-order chi connectivity index (χ1) is 15.5. The molecule has 0 heterocycles. The molecule has 0 aliphatic heterocycles. The molecule has 0 spiro atoms. The molecule has 0 radical (unpaired) electrons. The van der Waals surface area contributed by atoms with Gasteiger partial charge in [0.15, 0.2) is 0 Å². The molecular formula is C30H54O3. The molecule has 0 aliphatic rings. The van der Waals surface area contributed by atoms with Gasteiger partial charge in [0, 0.05) is 19.8 Å². The fraction of sp³-hybridized carbons (Fsp3) is 0.600. The van der Waals surface area contributed by atoms with E-state index in [1.165, 1.54) is 27.9 Å². The van der Waals surface area contributed by atoms with Crippen LogP contribution in [-0.2, 0) is 0 Å². The Labute approximate surface area is 206 Å². The summed E-state index contributed by atoms with van der Waals surface area (Å²) in [5, 5.41) is 25.7. The van der Waals surface area contributed by atoms with Gasteiger partial charge in [-0.1, -0.05) is 70.4 Å². The lowest BCUT2D eigenvalue weighted by molar-refractivity contribution is 0.298. The average Bonchev–Trinajstić information content (AvgIpc) is 2.69. The van der Waals surface area contributed by atoms with E-state index in [0.29, 0.717) is 0 Å². The number of hydrogen-bond acceptors (Lipinski definition) is 3. The topological polar surface area (TPSA) is 60.7 Å². The van der Waals surface area contributed by atoms with Crippen molar-refractivity contribution in [3.8, 4) is 0 Å². The van der Waals surface area contributed by atoms with Crippen molar-refractivity contribution in [1.82, 2.24) is 0 Å². The molecule has 0 rings (SSSR count). The van der Waals surface area contributed by atoms with E-state index < -0.39 is 0 Å². The Hall–Kier alpha value is -1.68. The first kappa shape index (κ1) is 35.9. The van der Waals surface area contributed by atoms with Crippen LogP contribution < -0.4 is 0 Å². The highest BCUT2D eigenvalue weighted by Gasteiger charge is 1.91. The first-order valence-electron chi connectivity index (χ1n) is 12.2. The van der Waals surface area contributed by atoms with Crippen LogP contribution >= 0.6 is 0 Å². The van der Waals surface area contributed by atoms with Crippen molar-refractivity contribution < 1.29 is 15.3 Å². The Morgan fingerprint density at radius 3 is 1.18 bits per heavy atom. The summed E-state index contributed by atoms with van der Waals surface area (Å²) in [6.45, 7) is 21.3. The van der Waals surface area contributed by atoms with E-state index in [0.717, 1.165) is 50.5 Å². The van der Waals surface area contributed by atoms with E-state index in [9.17, 15) is 0 Å². The summed E-state index contributed by atoms with van der Waals surface area (Å²) in [7, 11) is 0. The molecule has 0 saturated carbocycles. The highest BCUT2D eigenvalue weighted by Crippen LogP contribution is 2.08. The second kappa shape index (κ2) is 26.6. The second-order valence-corrected chi connectivity index (χ2v) is 9.13. The minimum absolute atomic E-state index is 0.230. The third kappa shape index (κ3) is 37.9. The highest BCUT2D eigenvalue weighted by molar-refractivity contribution is 5.05. The van der Waals surface area contributed by atoms with Crippen LogP contribution in [-0.4, -0.2) is 35.1 Å². The summed E-state index contributed by atoms with van der Waals surface area (Å²) in [6, 6.07) is 0. The molecule has 0 fully saturated rings. The highest BCUT2D eigenvalue weighted by atomic mass is 16.3. The number of allylic oxidation sites excluding steroid dienone is 8. The van der Waals surface area contributed by atoms with Crippen molar-refractivity contribution in [2.75, 3.05) is 19.8 Å². The largest absolute Gasteiger partial charge is 0.396 e. The van der Waals surface area contributed by atoms with Crippen molar-refractivity contribution in [2.24, 2.45) is 0 Å². The third-order valence-corrected chi connectivity index (χ3v) is 4.51. The predicted octanol–water partition coefficient (Wildman–Crippen LogP) is 8.01. The average molecular weight is 463 g/mol. The summed E-state index contributed by atoms with van der Waals surface area (Å²) in [4.78, 5) is 0. The van der Waals surface area contributed by atoms with E-state index in [4.69, 9.17) is 15.3 Å². The van der Waals surface area contributed by atoms with Crippen molar-refractivity contribution in [1.29, 1.82) is 0 Å². The minimum atomic E-state index is 0.230. The molecule has 3 nitrogen and oxygen atoms in total. The Morgan fingerprint density at radius 2 is 0.879 bits per heavy atom. The predicted molar refractivity (Wildman–Crippen MR) is 149 cm³/mol. The van der Waals surface area contributed by atoms with Gasteiger partial charge in [0.1, 0.15) is 0 Å². The van der Waals surface area contributed by atoms with Gasteiger partial charge < -0.3 is 15.3 Å². The molecule has 0 aromatic heterocycles. The summed E-state index contributed by atoms with van der Waals surface area (Å²) in [5.74, 6) is 0. The van der Waals surface area contributed by atoms with Gasteiger partial charge in [-0.05, 0) is 100 Å². The normalized spacial score (nSPS) is 10.8. The number of aliphatic hydroxyl groups is 3. The molecular weight excluding hydrogens is 408 g/mol. The summed E-state index contributed by atoms with van der Waals surface area (Å²) in [5.41, 5.74) is 7.72.